The highest BCUT2D eigenvalue weighted by atomic mass is 79.9. The molecule has 0 atom stereocenters. The molecule has 0 saturated carbocycles. The molecule has 0 unspecified atom stereocenters. The Morgan fingerprint density at radius 1 is 1.55 bits per heavy atom. The fourth-order valence-electron chi connectivity index (χ4n) is 1.53. The van der Waals surface area contributed by atoms with Gasteiger partial charge in [-0.2, -0.15) is 0 Å². The topological polar surface area (TPSA) is 81.2 Å². The molecule has 0 aromatic heterocycles. The molecule has 0 aliphatic carbocycles. The average molecular weight is 394 g/mol. The van der Waals surface area contributed by atoms with Crippen molar-refractivity contribution in [1.29, 1.82) is 0 Å². The van der Waals surface area contributed by atoms with Crippen LogP contribution in [0, 0.1) is 5.82 Å². The van der Waals surface area contributed by atoms with Gasteiger partial charge in [-0.3, -0.25) is 5.32 Å². The zero-order valence-electron chi connectivity index (χ0n) is 11.7. The quantitative estimate of drug-likeness (QED) is 0.605. The third-order valence-corrected chi connectivity index (χ3v) is 3.86. The maximum atomic E-state index is 14.3. The molecule has 2 rings (SSSR count). The lowest BCUT2D eigenvalue weighted by molar-refractivity contribution is 0.0255. The SMILES string of the molecule is CCOC(=O)NC(=Nc1cc2c(c(Br)c1F)ONO2)SCC. The number of benzene rings is 1. The molecule has 2 N–H and O–H groups in total. The number of amides is 1. The number of amidine groups is 1. The number of rotatable bonds is 3. The van der Waals surface area contributed by atoms with E-state index in [9.17, 15) is 9.18 Å². The fraction of sp³-hybridized carbons (Fsp3) is 0.333. The molecule has 120 valence electrons. The summed E-state index contributed by atoms with van der Waals surface area (Å²) in [6.07, 6.45) is -0.649. The van der Waals surface area contributed by atoms with Gasteiger partial charge >= 0.3 is 6.09 Å². The van der Waals surface area contributed by atoms with Crippen LogP contribution in [0.4, 0.5) is 14.9 Å². The molecule has 0 bridgehead atoms. The zero-order valence-corrected chi connectivity index (χ0v) is 14.1. The standard InChI is InChI=1S/C12H13BrFN3O4S/c1-3-19-12(18)16-11(22-4-2)15-6-5-7-10(21-17-20-7)8(13)9(6)14/h5,17H,3-4H2,1-2H3,(H,15,16,18). The first-order chi connectivity index (χ1) is 10.6. The van der Waals surface area contributed by atoms with Crippen LogP contribution in [0.3, 0.4) is 0 Å². The summed E-state index contributed by atoms with van der Waals surface area (Å²) in [5, 5.41) is 2.68. The summed E-state index contributed by atoms with van der Waals surface area (Å²) in [4.78, 5) is 25.5. The molecule has 1 aliphatic rings. The average Bonchev–Trinajstić information content (AvgIpc) is 2.93. The summed E-state index contributed by atoms with van der Waals surface area (Å²) in [7, 11) is 0. The summed E-state index contributed by atoms with van der Waals surface area (Å²) >= 11 is 4.32. The van der Waals surface area contributed by atoms with E-state index < -0.39 is 11.9 Å². The molecule has 0 spiro atoms. The number of carbonyl (C=O) groups excluding carboxylic acids is 1. The lowest BCUT2D eigenvalue weighted by Gasteiger charge is -2.08. The first kappa shape index (κ1) is 16.8. The van der Waals surface area contributed by atoms with Gasteiger partial charge in [-0.1, -0.05) is 18.7 Å². The number of hydrogen-bond acceptors (Lipinski definition) is 7. The Hall–Kier alpha value is -1.52. The van der Waals surface area contributed by atoms with E-state index in [-0.39, 0.29) is 33.4 Å². The van der Waals surface area contributed by atoms with Crippen LogP contribution in [0.5, 0.6) is 11.5 Å². The first-order valence-corrected chi connectivity index (χ1v) is 8.10. The lowest BCUT2D eigenvalue weighted by Crippen LogP contribution is -2.29. The Morgan fingerprint density at radius 2 is 2.32 bits per heavy atom. The van der Waals surface area contributed by atoms with E-state index >= 15 is 0 Å². The van der Waals surface area contributed by atoms with Crippen molar-refractivity contribution in [3.05, 3.63) is 16.4 Å². The molecule has 1 aliphatic heterocycles. The van der Waals surface area contributed by atoms with Gasteiger partial charge < -0.3 is 14.4 Å². The molecule has 1 heterocycles. The fourth-order valence-corrected chi connectivity index (χ4v) is 2.60. The largest absolute Gasteiger partial charge is 0.450 e. The lowest BCUT2D eigenvalue weighted by atomic mass is 10.2. The molecule has 10 heteroatoms. The maximum Gasteiger partial charge on any atom is 0.413 e. The molecule has 1 aromatic rings. The predicted molar refractivity (Wildman–Crippen MR) is 83.9 cm³/mol. The second kappa shape index (κ2) is 7.65. The van der Waals surface area contributed by atoms with Crippen LogP contribution in [0.25, 0.3) is 0 Å². The molecule has 0 radical (unpaired) electrons. The summed E-state index contributed by atoms with van der Waals surface area (Å²) in [6, 6.07) is 1.36. The number of thioether (sulfide) groups is 1. The van der Waals surface area contributed by atoms with Crippen LogP contribution in [0.2, 0.25) is 0 Å². The van der Waals surface area contributed by atoms with Crippen molar-refractivity contribution in [2.45, 2.75) is 13.8 Å². The Kier molecular flexibility index (Phi) is 5.86. The number of aliphatic imine (C=N–C) groups is 1. The molecular weight excluding hydrogens is 381 g/mol. The van der Waals surface area contributed by atoms with Gasteiger partial charge in [-0.05, 0) is 28.6 Å². The van der Waals surface area contributed by atoms with Crippen molar-refractivity contribution >= 4 is 44.6 Å². The Labute approximate surface area is 138 Å². The summed E-state index contributed by atoms with van der Waals surface area (Å²) in [5.41, 5.74) is 2.16. The highest BCUT2D eigenvalue weighted by Crippen LogP contribution is 2.43. The number of nitrogens with one attached hydrogen (secondary N) is 2. The van der Waals surface area contributed by atoms with Gasteiger partial charge in [0.05, 0.1) is 6.61 Å². The molecule has 22 heavy (non-hydrogen) atoms. The number of halogens is 2. The first-order valence-electron chi connectivity index (χ1n) is 6.32. The van der Waals surface area contributed by atoms with Crippen LogP contribution in [0.15, 0.2) is 15.5 Å². The van der Waals surface area contributed by atoms with Crippen LogP contribution < -0.4 is 20.6 Å². The van der Waals surface area contributed by atoms with E-state index in [1.54, 1.807) is 6.92 Å². The second-order valence-corrected chi connectivity index (χ2v) is 5.88. The smallest absolute Gasteiger partial charge is 0.413 e. The maximum absolute atomic E-state index is 14.3. The van der Waals surface area contributed by atoms with Crippen molar-refractivity contribution in [3.63, 3.8) is 0 Å². The van der Waals surface area contributed by atoms with Gasteiger partial charge in [-0.25, -0.2) is 14.2 Å². The van der Waals surface area contributed by atoms with Crippen LogP contribution >= 0.6 is 27.7 Å². The normalized spacial score (nSPS) is 13.2. The van der Waals surface area contributed by atoms with E-state index in [0.717, 1.165) is 0 Å². The molecule has 0 fully saturated rings. The third kappa shape index (κ3) is 3.81. The van der Waals surface area contributed by atoms with Crippen molar-refractivity contribution < 1.29 is 23.6 Å². The van der Waals surface area contributed by atoms with Crippen LogP contribution in [0.1, 0.15) is 13.8 Å². The minimum absolute atomic E-state index is 0.00864. The third-order valence-electron chi connectivity index (χ3n) is 2.39. The molecule has 7 nitrogen and oxygen atoms in total. The monoisotopic (exact) mass is 393 g/mol. The summed E-state index contributed by atoms with van der Waals surface area (Å²) < 4.78 is 19.1. The number of carbonyl (C=O) groups is 1. The number of ether oxygens (including phenoxy) is 1. The molecule has 1 aromatic carbocycles. The molecule has 1 amide bonds. The van der Waals surface area contributed by atoms with Gasteiger partial charge in [-0.15, -0.1) is 0 Å². The van der Waals surface area contributed by atoms with E-state index in [1.165, 1.54) is 17.8 Å². The highest BCUT2D eigenvalue weighted by molar-refractivity contribution is 9.10. The van der Waals surface area contributed by atoms with Gasteiger partial charge in [0, 0.05) is 11.7 Å². The number of nitrogens with zero attached hydrogens (tertiary/aromatic N) is 1. The minimum Gasteiger partial charge on any atom is -0.450 e. The van der Waals surface area contributed by atoms with Crippen molar-refractivity contribution in [1.82, 2.24) is 11.0 Å². The van der Waals surface area contributed by atoms with Gasteiger partial charge in [0.25, 0.3) is 0 Å². The van der Waals surface area contributed by atoms with Gasteiger partial charge in [0.2, 0.25) is 5.75 Å². The Morgan fingerprint density at radius 3 is 3.00 bits per heavy atom. The number of fused-ring (bicyclic) bond motifs is 1. The van der Waals surface area contributed by atoms with Gasteiger partial charge in [0.15, 0.2) is 16.7 Å². The van der Waals surface area contributed by atoms with Gasteiger partial charge in [0.1, 0.15) is 10.2 Å². The van der Waals surface area contributed by atoms with Crippen molar-refractivity contribution in [3.8, 4) is 11.5 Å². The summed E-state index contributed by atoms with van der Waals surface area (Å²) in [5.74, 6) is 0.481. The van der Waals surface area contributed by atoms with Crippen molar-refractivity contribution in [2.24, 2.45) is 4.99 Å². The second-order valence-electron chi connectivity index (χ2n) is 3.83. The van der Waals surface area contributed by atoms with Crippen LogP contribution in [-0.4, -0.2) is 23.6 Å². The summed E-state index contributed by atoms with van der Waals surface area (Å²) in [6.45, 7) is 3.79. The minimum atomic E-state index is -0.649. The van der Waals surface area contributed by atoms with E-state index in [4.69, 9.17) is 14.4 Å². The van der Waals surface area contributed by atoms with Crippen molar-refractivity contribution in [2.75, 3.05) is 12.4 Å². The zero-order chi connectivity index (χ0) is 16.1. The Bertz CT molecular complexity index is 615. The predicted octanol–water partition coefficient (Wildman–Crippen LogP) is 3.27. The van der Waals surface area contributed by atoms with Crippen LogP contribution in [-0.2, 0) is 4.74 Å². The Balaban J connectivity index is 2.31. The molecule has 0 saturated heterocycles. The number of alkyl carbamates (subject to hydrolysis) is 1. The van der Waals surface area contributed by atoms with E-state index in [2.05, 4.69) is 31.9 Å². The highest BCUT2D eigenvalue weighted by Gasteiger charge is 2.24. The van der Waals surface area contributed by atoms with E-state index in [0.29, 0.717) is 5.75 Å². The van der Waals surface area contributed by atoms with E-state index in [1.807, 2.05) is 6.92 Å². The molecular formula is C12H13BrFN3O4S. The number of hydrogen-bond donors (Lipinski definition) is 2.